The molecule has 0 saturated carbocycles. The van der Waals surface area contributed by atoms with Crippen molar-refractivity contribution in [1.82, 2.24) is 9.55 Å². The maximum Gasteiger partial charge on any atom is 0.263 e. The number of aliphatic hydroxyl groups excluding tert-OH is 1. The minimum atomic E-state index is -0.376. The first kappa shape index (κ1) is 9.67. The Morgan fingerprint density at radius 1 is 1.53 bits per heavy atom. The molecule has 1 aromatic carbocycles. The van der Waals surface area contributed by atoms with Gasteiger partial charge in [-0.15, -0.1) is 0 Å². The van der Waals surface area contributed by atoms with E-state index in [-0.39, 0.29) is 12.3 Å². The maximum absolute atomic E-state index is 11.7. The van der Waals surface area contributed by atoms with Crippen LogP contribution in [0, 0.1) is 0 Å². The molecule has 0 saturated heterocycles. The molecular formula is C10H10N2O3. The third kappa shape index (κ3) is 1.57. The monoisotopic (exact) mass is 206 g/mol. The van der Waals surface area contributed by atoms with Gasteiger partial charge in [-0.3, -0.25) is 9.36 Å². The summed E-state index contributed by atoms with van der Waals surface area (Å²) in [5, 5.41) is 9.33. The summed E-state index contributed by atoms with van der Waals surface area (Å²) in [6.07, 6.45) is 1.32. The number of methoxy groups -OCH3 is 1. The third-order valence-corrected chi connectivity index (χ3v) is 2.18. The van der Waals surface area contributed by atoms with Crippen molar-refractivity contribution in [3.63, 3.8) is 0 Å². The number of hydrogen-bond acceptors (Lipinski definition) is 4. The van der Waals surface area contributed by atoms with E-state index in [9.17, 15) is 4.79 Å². The van der Waals surface area contributed by atoms with E-state index in [1.807, 2.05) is 0 Å². The van der Waals surface area contributed by atoms with Gasteiger partial charge >= 0.3 is 0 Å². The quantitative estimate of drug-likeness (QED) is 0.770. The minimum Gasteiger partial charge on any atom is -0.497 e. The van der Waals surface area contributed by atoms with E-state index in [1.165, 1.54) is 13.4 Å². The van der Waals surface area contributed by atoms with Crippen molar-refractivity contribution >= 4 is 10.9 Å². The molecule has 5 nitrogen and oxygen atoms in total. The Labute approximate surface area is 85.6 Å². The van der Waals surface area contributed by atoms with Crippen LogP contribution in [-0.4, -0.2) is 21.8 Å². The Morgan fingerprint density at radius 3 is 3.00 bits per heavy atom. The highest BCUT2D eigenvalue weighted by atomic mass is 16.5. The Kier molecular flexibility index (Phi) is 2.39. The predicted octanol–water partition coefficient (Wildman–Crippen LogP) is 0.355. The molecule has 0 fully saturated rings. The van der Waals surface area contributed by atoms with Gasteiger partial charge in [-0.1, -0.05) is 0 Å². The van der Waals surface area contributed by atoms with Gasteiger partial charge in [0.1, 0.15) is 18.8 Å². The van der Waals surface area contributed by atoms with E-state index in [1.54, 1.807) is 18.2 Å². The normalized spacial score (nSPS) is 10.5. The summed E-state index contributed by atoms with van der Waals surface area (Å²) in [6.45, 7) is -0.376. The molecule has 2 rings (SSSR count). The van der Waals surface area contributed by atoms with E-state index in [4.69, 9.17) is 9.84 Å². The second-order valence-electron chi connectivity index (χ2n) is 3.04. The number of aliphatic hydroxyl groups is 1. The molecule has 2 aromatic rings. The average Bonchev–Trinajstić information content (AvgIpc) is 2.29. The first-order valence-electron chi connectivity index (χ1n) is 4.40. The number of fused-ring (bicyclic) bond motifs is 1. The molecule has 1 heterocycles. The van der Waals surface area contributed by atoms with Gasteiger partial charge in [-0.25, -0.2) is 4.98 Å². The SMILES string of the molecule is COc1ccc2ncn(CO)c(=O)c2c1. The fourth-order valence-corrected chi connectivity index (χ4v) is 1.37. The van der Waals surface area contributed by atoms with Gasteiger partial charge in [-0.05, 0) is 18.2 Å². The van der Waals surface area contributed by atoms with E-state index in [0.717, 1.165) is 4.57 Å². The lowest BCUT2D eigenvalue weighted by Crippen LogP contribution is -2.20. The molecular weight excluding hydrogens is 196 g/mol. The first-order chi connectivity index (χ1) is 7.26. The maximum atomic E-state index is 11.7. The van der Waals surface area contributed by atoms with Gasteiger partial charge in [-0.2, -0.15) is 0 Å². The number of hydrogen-bond donors (Lipinski definition) is 1. The van der Waals surface area contributed by atoms with E-state index >= 15 is 0 Å². The number of aromatic nitrogens is 2. The van der Waals surface area contributed by atoms with Crippen LogP contribution in [0.5, 0.6) is 5.75 Å². The van der Waals surface area contributed by atoms with Crippen LogP contribution in [0.15, 0.2) is 29.3 Å². The van der Waals surface area contributed by atoms with Crippen LogP contribution >= 0.6 is 0 Å². The first-order valence-corrected chi connectivity index (χ1v) is 4.40. The fourth-order valence-electron chi connectivity index (χ4n) is 1.37. The number of ether oxygens (including phenoxy) is 1. The van der Waals surface area contributed by atoms with Crippen molar-refractivity contribution in [3.8, 4) is 5.75 Å². The van der Waals surface area contributed by atoms with Crippen LogP contribution in [0.2, 0.25) is 0 Å². The Hall–Kier alpha value is -1.88. The van der Waals surface area contributed by atoms with E-state index in [2.05, 4.69) is 4.98 Å². The highest BCUT2D eigenvalue weighted by Crippen LogP contribution is 2.15. The molecule has 0 unspecified atom stereocenters. The summed E-state index contributed by atoms with van der Waals surface area (Å²) in [7, 11) is 1.53. The average molecular weight is 206 g/mol. The van der Waals surface area contributed by atoms with Crippen molar-refractivity contribution < 1.29 is 9.84 Å². The molecule has 78 valence electrons. The van der Waals surface area contributed by atoms with Gasteiger partial charge in [0, 0.05) is 0 Å². The summed E-state index contributed by atoms with van der Waals surface area (Å²) in [6, 6.07) is 5.05. The Morgan fingerprint density at radius 2 is 2.33 bits per heavy atom. The zero-order chi connectivity index (χ0) is 10.8. The molecule has 15 heavy (non-hydrogen) atoms. The van der Waals surface area contributed by atoms with Gasteiger partial charge in [0.2, 0.25) is 0 Å². The number of benzene rings is 1. The lowest BCUT2D eigenvalue weighted by molar-refractivity contribution is 0.205. The predicted molar refractivity (Wildman–Crippen MR) is 54.8 cm³/mol. The summed E-state index contributed by atoms with van der Waals surface area (Å²) in [5.41, 5.74) is 0.312. The van der Waals surface area contributed by atoms with Gasteiger partial charge in [0.05, 0.1) is 18.0 Å². The highest BCUT2D eigenvalue weighted by Gasteiger charge is 2.04. The summed E-state index contributed by atoms with van der Waals surface area (Å²) in [4.78, 5) is 15.8. The summed E-state index contributed by atoms with van der Waals surface area (Å²) < 4.78 is 6.14. The van der Waals surface area contributed by atoms with Crippen LogP contribution in [-0.2, 0) is 6.73 Å². The molecule has 5 heteroatoms. The molecule has 1 aromatic heterocycles. The highest BCUT2D eigenvalue weighted by molar-refractivity contribution is 5.78. The summed E-state index contributed by atoms with van der Waals surface area (Å²) >= 11 is 0. The van der Waals surface area contributed by atoms with Crippen LogP contribution in [0.3, 0.4) is 0 Å². The largest absolute Gasteiger partial charge is 0.497 e. The molecule has 0 radical (unpaired) electrons. The van der Waals surface area contributed by atoms with E-state index in [0.29, 0.717) is 16.7 Å². The van der Waals surface area contributed by atoms with Gasteiger partial charge < -0.3 is 9.84 Å². The molecule has 0 amide bonds. The second-order valence-corrected chi connectivity index (χ2v) is 3.04. The van der Waals surface area contributed by atoms with E-state index < -0.39 is 0 Å². The minimum absolute atomic E-state index is 0.276. The Bertz CT molecular complexity index is 543. The van der Waals surface area contributed by atoms with Crippen LogP contribution in [0.4, 0.5) is 0 Å². The topological polar surface area (TPSA) is 64.3 Å². The van der Waals surface area contributed by atoms with Crippen molar-refractivity contribution in [1.29, 1.82) is 0 Å². The standard InChI is InChI=1S/C10H10N2O3/c1-15-7-2-3-9-8(4-7)10(14)12(6-13)5-11-9/h2-5,13H,6H2,1H3. The van der Waals surface area contributed by atoms with Crippen molar-refractivity contribution in [2.45, 2.75) is 6.73 Å². The summed E-state index contributed by atoms with van der Waals surface area (Å²) in [5.74, 6) is 0.595. The zero-order valence-electron chi connectivity index (χ0n) is 8.17. The molecule has 0 aliphatic carbocycles. The zero-order valence-corrected chi connectivity index (χ0v) is 8.17. The van der Waals surface area contributed by atoms with Crippen LogP contribution < -0.4 is 10.3 Å². The van der Waals surface area contributed by atoms with Crippen LogP contribution in [0.25, 0.3) is 10.9 Å². The third-order valence-electron chi connectivity index (χ3n) is 2.18. The van der Waals surface area contributed by atoms with Crippen LogP contribution in [0.1, 0.15) is 0 Å². The second kappa shape index (κ2) is 3.70. The Balaban J connectivity index is 2.78. The van der Waals surface area contributed by atoms with Crippen molar-refractivity contribution in [2.75, 3.05) is 7.11 Å². The number of nitrogens with zero attached hydrogens (tertiary/aromatic N) is 2. The molecule has 0 aliphatic heterocycles. The molecule has 0 atom stereocenters. The lowest BCUT2D eigenvalue weighted by Gasteiger charge is -2.04. The fraction of sp³-hybridized carbons (Fsp3) is 0.200. The van der Waals surface area contributed by atoms with Gasteiger partial charge in [0.25, 0.3) is 5.56 Å². The molecule has 0 aliphatic rings. The smallest absolute Gasteiger partial charge is 0.263 e. The molecule has 0 bridgehead atoms. The molecule has 1 N–H and O–H groups in total. The lowest BCUT2D eigenvalue weighted by atomic mass is 10.2. The van der Waals surface area contributed by atoms with Crippen molar-refractivity contribution in [3.05, 3.63) is 34.9 Å². The molecule has 0 spiro atoms. The van der Waals surface area contributed by atoms with Crippen molar-refractivity contribution in [2.24, 2.45) is 0 Å². The van der Waals surface area contributed by atoms with Gasteiger partial charge in [0.15, 0.2) is 0 Å². The number of rotatable bonds is 2.